The van der Waals surface area contributed by atoms with Gasteiger partial charge in [0.25, 0.3) is 11.8 Å². The molecule has 238 valence electrons. The smallest absolute Gasteiger partial charge is 0.416 e. The van der Waals surface area contributed by atoms with Crippen LogP contribution in [-0.2, 0) is 33.1 Å². The lowest BCUT2D eigenvalue weighted by Gasteiger charge is -2.34. The molecule has 0 saturated carbocycles. The number of halogens is 3. The summed E-state index contributed by atoms with van der Waals surface area (Å²) in [5.41, 5.74) is 0.607. The highest BCUT2D eigenvalue weighted by Gasteiger charge is 2.47. The molecule has 2 amide bonds. The van der Waals surface area contributed by atoms with Gasteiger partial charge in [0.15, 0.2) is 0 Å². The molecule has 5 aliphatic heterocycles. The number of carbonyl (C=O) groups excluding carboxylic acids is 2. The zero-order valence-corrected chi connectivity index (χ0v) is 25.5. The predicted octanol–water partition coefficient (Wildman–Crippen LogP) is 3.94. The monoisotopic (exact) mass is 634 g/mol. The number of rotatable bonds is 0. The zero-order chi connectivity index (χ0) is 31.3. The first-order valence-corrected chi connectivity index (χ1v) is 16.2. The van der Waals surface area contributed by atoms with E-state index in [0.29, 0.717) is 69.8 Å². The summed E-state index contributed by atoms with van der Waals surface area (Å²) in [5.74, 6) is -0.0473. The fraction of sp³-hybridized carbons (Fsp3) is 0.516. The largest absolute Gasteiger partial charge is 0.494 e. The maximum atomic E-state index is 13.8. The number of alkyl halides is 3. The van der Waals surface area contributed by atoms with E-state index >= 15 is 0 Å². The van der Waals surface area contributed by atoms with Gasteiger partial charge in [-0.25, -0.2) is 8.51 Å². The maximum absolute atomic E-state index is 13.8. The third kappa shape index (κ3) is 7.67. The molecule has 7 rings (SSSR count). The van der Waals surface area contributed by atoms with Crippen LogP contribution in [0.1, 0.15) is 64.7 Å². The number of hydrogen-bond donors (Lipinski definition) is 2. The number of hydrogen-bond acceptors (Lipinski definition) is 6. The average molecular weight is 635 g/mol. The van der Waals surface area contributed by atoms with Crippen molar-refractivity contribution in [3.63, 3.8) is 0 Å². The van der Waals surface area contributed by atoms with Crippen molar-refractivity contribution in [1.29, 1.82) is 0 Å². The number of fused-ring (bicyclic) bond motifs is 2. The fourth-order valence-corrected chi connectivity index (χ4v) is 6.84. The lowest BCUT2D eigenvalue weighted by Crippen LogP contribution is -2.49. The van der Waals surface area contributed by atoms with Crippen LogP contribution in [0.3, 0.4) is 0 Å². The second-order valence-electron chi connectivity index (χ2n) is 11.3. The SMILES string of the molecule is Cc1cc2ccc1CCS(=O)N1CCC3(CC1)N=C(NC3=O)c1cc(cc(C(F)(F)F)c1)OCCCCCOCCNC2=O. The first-order chi connectivity index (χ1) is 21.0. The lowest BCUT2D eigenvalue weighted by molar-refractivity contribution is -0.137. The average Bonchev–Trinajstić information content (AvgIpc) is 3.31. The van der Waals surface area contributed by atoms with Gasteiger partial charge in [-0.05, 0) is 86.9 Å². The predicted molar refractivity (Wildman–Crippen MR) is 160 cm³/mol. The molecule has 0 aromatic heterocycles. The molecule has 1 unspecified atom stereocenters. The number of carbonyl (C=O) groups is 2. The molecule has 2 N–H and O–H groups in total. The van der Waals surface area contributed by atoms with E-state index in [0.717, 1.165) is 36.1 Å². The molecule has 1 atom stereocenters. The van der Waals surface area contributed by atoms with Crippen molar-refractivity contribution in [1.82, 2.24) is 14.9 Å². The Hall–Kier alpha value is -3.29. The molecule has 0 aliphatic carbocycles. The van der Waals surface area contributed by atoms with Gasteiger partial charge >= 0.3 is 6.18 Å². The van der Waals surface area contributed by atoms with E-state index in [-0.39, 0.29) is 35.6 Å². The zero-order valence-electron chi connectivity index (χ0n) is 24.6. The molecule has 1 spiro atoms. The Morgan fingerprint density at radius 1 is 0.977 bits per heavy atom. The van der Waals surface area contributed by atoms with E-state index in [1.807, 2.05) is 23.4 Å². The van der Waals surface area contributed by atoms with Crippen molar-refractivity contribution in [2.24, 2.45) is 4.99 Å². The molecule has 2 aromatic rings. The molecule has 5 heterocycles. The minimum atomic E-state index is -4.61. The Bertz CT molecular complexity index is 1440. The van der Waals surface area contributed by atoms with Gasteiger partial charge < -0.3 is 20.1 Å². The summed E-state index contributed by atoms with van der Waals surface area (Å²) in [6, 6.07) is 8.88. The number of amidine groups is 1. The van der Waals surface area contributed by atoms with Crippen molar-refractivity contribution < 1.29 is 36.4 Å². The second kappa shape index (κ2) is 13.8. The maximum Gasteiger partial charge on any atom is 0.416 e. The van der Waals surface area contributed by atoms with Crippen molar-refractivity contribution in [2.75, 3.05) is 45.2 Å². The minimum absolute atomic E-state index is 0.0474. The highest BCUT2D eigenvalue weighted by Crippen LogP contribution is 2.35. The van der Waals surface area contributed by atoms with Gasteiger partial charge in [0, 0.05) is 43.1 Å². The van der Waals surface area contributed by atoms with Gasteiger partial charge in [0.05, 0.1) is 29.8 Å². The number of aryl methyl sites for hydroxylation is 2. The van der Waals surface area contributed by atoms with E-state index in [1.165, 1.54) is 6.07 Å². The Labute approximate surface area is 257 Å². The summed E-state index contributed by atoms with van der Waals surface area (Å²) >= 11 is 0. The number of ether oxygens (including phenoxy) is 2. The van der Waals surface area contributed by atoms with Crippen LogP contribution in [0.2, 0.25) is 0 Å². The Balaban J connectivity index is 1.34. The Morgan fingerprint density at radius 3 is 2.50 bits per heavy atom. The van der Waals surface area contributed by atoms with Gasteiger partial charge in [-0.2, -0.15) is 13.2 Å². The van der Waals surface area contributed by atoms with E-state index in [4.69, 9.17) is 9.47 Å². The molecule has 5 aliphatic rings. The van der Waals surface area contributed by atoms with Crippen LogP contribution in [0.4, 0.5) is 13.2 Å². The summed E-state index contributed by atoms with van der Waals surface area (Å²) in [6.07, 6.45) is -1.37. The fourth-order valence-electron chi connectivity index (χ4n) is 5.59. The molecular formula is C31H37F3N4O5S. The van der Waals surface area contributed by atoms with Crippen LogP contribution in [0.25, 0.3) is 0 Å². The van der Waals surface area contributed by atoms with Crippen LogP contribution in [0.5, 0.6) is 5.75 Å². The van der Waals surface area contributed by atoms with Gasteiger partial charge in [0.2, 0.25) is 0 Å². The highest BCUT2D eigenvalue weighted by atomic mass is 32.2. The Kier molecular flexibility index (Phi) is 10.1. The second-order valence-corrected chi connectivity index (χ2v) is 12.9. The third-order valence-corrected chi connectivity index (χ3v) is 9.70. The van der Waals surface area contributed by atoms with Crippen molar-refractivity contribution in [2.45, 2.75) is 57.2 Å². The molecule has 7 bridgehead atoms. The summed E-state index contributed by atoms with van der Waals surface area (Å²) in [5, 5.41) is 5.55. The highest BCUT2D eigenvalue weighted by molar-refractivity contribution is 7.82. The summed E-state index contributed by atoms with van der Waals surface area (Å²) in [4.78, 5) is 30.3. The molecule has 44 heavy (non-hydrogen) atoms. The quantitative estimate of drug-likeness (QED) is 0.457. The van der Waals surface area contributed by atoms with Crippen molar-refractivity contribution >= 4 is 28.6 Å². The normalized spacial score (nSPS) is 25.9. The van der Waals surface area contributed by atoms with Gasteiger partial charge in [-0.1, -0.05) is 6.07 Å². The first-order valence-electron chi connectivity index (χ1n) is 14.9. The third-order valence-electron chi connectivity index (χ3n) is 8.21. The topological polar surface area (TPSA) is 109 Å². The first kappa shape index (κ1) is 32.1. The minimum Gasteiger partial charge on any atom is -0.494 e. The van der Waals surface area contributed by atoms with Gasteiger partial charge in [0.1, 0.15) is 17.1 Å². The van der Waals surface area contributed by atoms with Crippen LogP contribution in [0, 0.1) is 6.92 Å². The molecule has 1 fully saturated rings. The summed E-state index contributed by atoms with van der Waals surface area (Å²) < 4.78 is 67.6. The Morgan fingerprint density at radius 2 is 1.75 bits per heavy atom. The number of amides is 2. The van der Waals surface area contributed by atoms with Crippen LogP contribution >= 0.6 is 0 Å². The molecule has 0 radical (unpaired) electrons. The number of nitrogens with zero attached hydrogens (tertiary/aromatic N) is 2. The van der Waals surface area contributed by atoms with Crippen molar-refractivity contribution in [3.8, 4) is 5.75 Å². The van der Waals surface area contributed by atoms with E-state index < -0.39 is 28.3 Å². The van der Waals surface area contributed by atoms with E-state index in [2.05, 4.69) is 15.6 Å². The molecular weight excluding hydrogens is 597 g/mol. The van der Waals surface area contributed by atoms with Crippen LogP contribution in [-0.4, -0.2) is 76.9 Å². The van der Waals surface area contributed by atoms with E-state index in [1.54, 1.807) is 6.07 Å². The molecule has 9 nitrogen and oxygen atoms in total. The number of aliphatic imine (C=N–C) groups is 1. The number of benzene rings is 2. The number of nitrogens with one attached hydrogen (secondary N) is 2. The van der Waals surface area contributed by atoms with E-state index in [9.17, 15) is 27.0 Å². The van der Waals surface area contributed by atoms with Crippen LogP contribution < -0.4 is 15.4 Å². The summed E-state index contributed by atoms with van der Waals surface area (Å²) in [7, 11) is -1.30. The van der Waals surface area contributed by atoms with Crippen molar-refractivity contribution in [3.05, 3.63) is 64.2 Å². The lowest BCUT2D eigenvalue weighted by atomic mass is 9.89. The van der Waals surface area contributed by atoms with Gasteiger partial charge in [-0.3, -0.25) is 14.6 Å². The standard InChI is InChI=1S/C31H37F3N4O5S/c1-21-17-23-6-5-22(21)7-16-44(41)38-11-8-30(9-12-38)29(40)36-27(37-30)24-18-25(31(32,33)34)20-26(19-24)43-14-4-2-3-13-42-15-10-35-28(23)39/h5-6,17-20H,2-4,7-16H2,1H3,(H,35,39)(H,36,37,40). The van der Waals surface area contributed by atoms with Gasteiger partial charge in [-0.15, -0.1) is 0 Å². The van der Waals surface area contributed by atoms with Crippen LogP contribution in [0.15, 0.2) is 41.4 Å². The number of piperidine rings is 1. The molecule has 2 aromatic carbocycles. The molecule has 1 saturated heterocycles. The molecule has 13 heteroatoms. The summed E-state index contributed by atoms with van der Waals surface area (Å²) in [6.45, 7) is 4.05.